The molecule has 0 aromatic heterocycles. The summed E-state index contributed by atoms with van der Waals surface area (Å²) in [5.74, 6) is 6.78. The molecule has 2 aliphatic carbocycles. The number of nitrogens with one attached hydrogen (secondary N) is 1. The van der Waals surface area contributed by atoms with Crippen molar-refractivity contribution in [3.8, 4) is 0 Å². The number of hydrogen-bond acceptors (Lipinski definition) is 2. The van der Waals surface area contributed by atoms with Gasteiger partial charge in [0.05, 0.1) is 0 Å². The topological polar surface area (TPSA) is 38.0 Å². The molecular formula is C13H26N2. The molecule has 0 heterocycles. The second kappa shape index (κ2) is 4.84. The van der Waals surface area contributed by atoms with Crippen LogP contribution in [0.15, 0.2) is 0 Å². The molecule has 2 aliphatic rings. The van der Waals surface area contributed by atoms with Crippen molar-refractivity contribution in [3.05, 3.63) is 0 Å². The third-order valence-electron chi connectivity index (χ3n) is 4.60. The van der Waals surface area contributed by atoms with Gasteiger partial charge in [0.25, 0.3) is 0 Å². The highest BCUT2D eigenvalue weighted by atomic mass is 15.2. The fourth-order valence-corrected chi connectivity index (χ4v) is 3.15. The van der Waals surface area contributed by atoms with E-state index in [4.69, 9.17) is 5.84 Å². The summed E-state index contributed by atoms with van der Waals surface area (Å²) in [6.45, 7) is 2.43. The molecule has 0 spiro atoms. The maximum atomic E-state index is 5.75. The van der Waals surface area contributed by atoms with Crippen molar-refractivity contribution in [2.24, 2.45) is 17.2 Å². The minimum Gasteiger partial charge on any atom is -0.271 e. The molecule has 2 fully saturated rings. The van der Waals surface area contributed by atoms with Gasteiger partial charge in [0.1, 0.15) is 0 Å². The maximum absolute atomic E-state index is 5.75. The summed E-state index contributed by atoms with van der Waals surface area (Å²) >= 11 is 0. The molecule has 2 rings (SSSR count). The third kappa shape index (κ3) is 2.94. The Labute approximate surface area is 94.0 Å². The fraction of sp³-hybridized carbons (Fsp3) is 1.00. The average molecular weight is 210 g/mol. The van der Waals surface area contributed by atoms with Crippen molar-refractivity contribution < 1.29 is 0 Å². The zero-order valence-electron chi connectivity index (χ0n) is 10.1. The molecule has 1 unspecified atom stereocenters. The van der Waals surface area contributed by atoms with E-state index in [1.807, 2.05) is 0 Å². The summed E-state index contributed by atoms with van der Waals surface area (Å²) in [6.07, 6.45) is 12.6. The first-order valence-electron chi connectivity index (χ1n) is 6.71. The Kier molecular flexibility index (Phi) is 3.68. The van der Waals surface area contributed by atoms with Crippen LogP contribution in [0, 0.1) is 11.3 Å². The van der Waals surface area contributed by atoms with Crippen molar-refractivity contribution in [1.29, 1.82) is 0 Å². The largest absolute Gasteiger partial charge is 0.271 e. The number of hydrogen-bond donors (Lipinski definition) is 2. The van der Waals surface area contributed by atoms with Crippen molar-refractivity contribution in [3.63, 3.8) is 0 Å². The normalized spacial score (nSPS) is 27.6. The van der Waals surface area contributed by atoms with Crippen LogP contribution in [0.1, 0.15) is 64.7 Å². The van der Waals surface area contributed by atoms with Gasteiger partial charge in [-0.25, -0.2) is 0 Å². The molecule has 15 heavy (non-hydrogen) atoms. The molecule has 0 aromatic carbocycles. The minimum absolute atomic E-state index is 0.474. The van der Waals surface area contributed by atoms with Gasteiger partial charge < -0.3 is 0 Å². The van der Waals surface area contributed by atoms with Crippen LogP contribution in [0.5, 0.6) is 0 Å². The van der Waals surface area contributed by atoms with E-state index in [9.17, 15) is 0 Å². The summed E-state index contributed by atoms with van der Waals surface area (Å²) in [6, 6.07) is 0.554. The smallest absolute Gasteiger partial charge is 0.0264 e. The molecule has 2 saturated carbocycles. The Hall–Kier alpha value is -0.0800. The molecule has 3 N–H and O–H groups in total. The Morgan fingerprint density at radius 3 is 2.47 bits per heavy atom. The molecule has 0 bridgehead atoms. The van der Waals surface area contributed by atoms with E-state index in [-0.39, 0.29) is 0 Å². The van der Waals surface area contributed by atoms with Crippen LogP contribution in [0.4, 0.5) is 0 Å². The van der Waals surface area contributed by atoms with Crippen molar-refractivity contribution >= 4 is 0 Å². The average Bonchev–Trinajstić information content (AvgIpc) is 3.03. The van der Waals surface area contributed by atoms with Crippen LogP contribution in [0.25, 0.3) is 0 Å². The molecule has 0 saturated heterocycles. The van der Waals surface area contributed by atoms with Gasteiger partial charge in [0.2, 0.25) is 0 Å². The lowest BCUT2D eigenvalue weighted by Crippen LogP contribution is -2.48. The zero-order valence-corrected chi connectivity index (χ0v) is 10.1. The molecule has 2 heteroatoms. The Morgan fingerprint density at radius 1 is 1.27 bits per heavy atom. The Bertz CT molecular complexity index is 193. The van der Waals surface area contributed by atoms with E-state index in [0.717, 1.165) is 5.92 Å². The number of rotatable bonds is 5. The van der Waals surface area contributed by atoms with Crippen LogP contribution in [-0.4, -0.2) is 6.04 Å². The van der Waals surface area contributed by atoms with E-state index in [2.05, 4.69) is 12.3 Å². The monoisotopic (exact) mass is 210 g/mol. The van der Waals surface area contributed by atoms with Crippen molar-refractivity contribution in [2.75, 3.05) is 0 Å². The highest BCUT2D eigenvalue weighted by Gasteiger charge is 2.35. The summed E-state index contributed by atoms with van der Waals surface area (Å²) in [7, 11) is 0. The van der Waals surface area contributed by atoms with Gasteiger partial charge >= 0.3 is 0 Å². The summed E-state index contributed by atoms with van der Waals surface area (Å²) < 4.78 is 0. The standard InChI is InChI=1S/C13H26N2/c1-13(9-3-2-4-10-13)12(15-14)8-7-11-5-6-11/h11-12,15H,2-10,14H2,1H3. The predicted octanol–water partition coefficient (Wildman–Crippen LogP) is 2.98. The molecule has 0 aromatic rings. The molecule has 1 atom stereocenters. The minimum atomic E-state index is 0.474. The Balaban J connectivity index is 1.84. The summed E-state index contributed by atoms with van der Waals surface area (Å²) in [4.78, 5) is 0. The zero-order chi connectivity index (χ0) is 10.7. The third-order valence-corrected chi connectivity index (χ3v) is 4.60. The lowest BCUT2D eigenvalue weighted by molar-refractivity contribution is 0.135. The first-order chi connectivity index (χ1) is 7.24. The van der Waals surface area contributed by atoms with E-state index in [0.29, 0.717) is 11.5 Å². The van der Waals surface area contributed by atoms with Gasteiger partial charge in [-0.3, -0.25) is 11.3 Å². The van der Waals surface area contributed by atoms with Crippen molar-refractivity contribution in [2.45, 2.75) is 70.8 Å². The predicted molar refractivity (Wildman–Crippen MR) is 64.3 cm³/mol. The van der Waals surface area contributed by atoms with Crippen LogP contribution in [0.2, 0.25) is 0 Å². The molecule has 0 amide bonds. The number of nitrogens with two attached hydrogens (primary N) is 1. The van der Waals surface area contributed by atoms with E-state index < -0.39 is 0 Å². The van der Waals surface area contributed by atoms with E-state index in [1.54, 1.807) is 0 Å². The SMILES string of the molecule is CC1(C(CCC2CC2)NN)CCCCC1. The summed E-state index contributed by atoms with van der Waals surface area (Å²) in [5.41, 5.74) is 3.57. The second-order valence-electron chi connectivity index (χ2n) is 5.95. The number of hydrazine groups is 1. The van der Waals surface area contributed by atoms with Crippen LogP contribution >= 0.6 is 0 Å². The van der Waals surface area contributed by atoms with Gasteiger partial charge in [-0.05, 0) is 37.0 Å². The maximum Gasteiger partial charge on any atom is 0.0264 e. The van der Waals surface area contributed by atoms with Gasteiger partial charge in [-0.1, -0.05) is 39.0 Å². The Morgan fingerprint density at radius 2 is 1.93 bits per heavy atom. The quantitative estimate of drug-likeness (QED) is 0.541. The lowest BCUT2D eigenvalue weighted by Gasteiger charge is -2.40. The first kappa shape index (κ1) is 11.4. The molecular weight excluding hydrogens is 184 g/mol. The van der Waals surface area contributed by atoms with E-state index >= 15 is 0 Å². The molecule has 2 nitrogen and oxygen atoms in total. The van der Waals surface area contributed by atoms with E-state index in [1.165, 1.54) is 57.8 Å². The lowest BCUT2D eigenvalue weighted by atomic mass is 9.69. The highest BCUT2D eigenvalue weighted by molar-refractivity contribution is 4.90. The van der Waals surface area contributed by atoms with Crippen LogP contribution in [-0.2, 0) is 0 Å². The second-order valence-corrected chi connectivity index (χ2v) is 5.95. The van der Waals surface area contributed by atoms with Gasteiger partial charge in [-0.2, -0.15) is 0 Å². The van der Waals surface area contributed by atoms with Crippen LogP contribution in [0.3, 0.4) is 0 Å². The molecule has 0 radical (unpaired) electrons. The van der Waals surface area contributed by atoms with Gasteiger partial charge in [0, 0.05) is 6.04 Å². The van der Waals surface area contributed by atoms with Gasteiger partial charge in [0.15, 0.2) is 0 Å². The van der Waals surface area contributed by atoms with Gasteiger partial charge in [-0.15, -0.1) is 0 Å². The first-order valence-corrected chi connectivity index (χ1v) is 6.71. The van der Waals surface area contributed by atoms with Crippen molar-refractivity contribution in [1.82, 2.24) is 5.43 Å². The fourth-order valence-electron chi connectivity index (χ4n) is 3.15. The summed E-state index contributed by atoms with van der Waals surface area (Å²) in [5, 5.41) is 0. The van der Waals surface area contributed by atoms with Crippen LogP contribution < -0.4 is 11.3 Å². The highest BCUT2D eigenvalue weighted by Crippen LogP contribution is 2.42. The molecule has 88 valence electrons. The molecule has 0 aliphatic heterocycles.